The molecule has 1 aliphatic rings. The summed E-state index contributed by atoms with van der Waals surface area (Å²) in [4.78, 5) is 0. The van der Waals surface area contributed by atoms with Crippen molar-refractivity contribution in [2.45, 2.75) is 50.6 Å². The molecule has 1 N–H and O–H groups in total. The van der Waals surface area contributed by atoms with Gasteiger partial charge < -0.3 is 4.65 Å². The minimum absolute atomic E-state index is 0.800. The molecular weight excluding hydrogens is 194 g/mol. The van der Waals surface area contributed by atoms with E-state index >= 15 is 0 Å². The van der Waals surface area contributed by atoms with Crippen LogP contribution in [0.2, 0.25) is 50.6 Å². The Morgan fingerprint density at radius 2 is 1.08 bits per heavy atom. The van der Waals surface area contributed by atoms with Crippen LogP contribution in [0.1, 0.15) is 0 Å². The lowest BCUT2D eigenvalue weighted by Crippen LogP contribution is -2.68. The van der Waals surface area contributed by atoms with Gasteiger partial charge in [-0.2, -0.15) is 0 Å². The van der Waals surface area contributed by atoms with Gasteiger partial charge in [-0.05, 0) is 11.3 Å². The van der Waals surface area contributed by atoms with E-state index < -0.39 is 24.5 Å². The summed E-state index contributed by atoms with van der Waals surface area (Å²) < 4.78 is 4.00. The van der Waals surface area contributed by atoms with E-state index in [2.05, 4.69) is 43.9 Å². The van der Waals surface area contributed by atoms with Gasteiger partial charge in [0.05, 0.1) is 0 Å². The molecule has 0 atom stereocenters. The molecule has 12 heavy (non-hydrogen) atoms. The zero-order valence-electron chi connectivity index (χ0n) is 9.41. The minimum Gasteiger partial charge on any atom is -0.360 e. The molecule has 4 heteroatoms. The van der Waals surface area contributed by atoms with Gasteiger partial charge in [0.25, 0.3) is 0 Å². The zero-order chi connectivity index (χ0) is 9.62. The van der Waals surface area contributed by atoms with Crippen LogP contribution in [-0.2, 0) is 0 Å². The van der Waals surface area contributed by atoms with E-state index in [0.29, 0.717) is 0 Å². The molecule has 0 amide bonds. The van der Waals surface area contributed by atoms with Crippen molar-refractivity contribution in [3.05, 3.63) is 0 Å². The molecule has 1 rings (SSSR count). The fourth-order valence-corrected chi connectivity index (χ4v) is 33.9. The smallest absolute Gasteiger partial charge is 0.110 e. The van der Waals surface area contributed by atoms with Crippen LogP contribution in [0.3, 0.4) is 0 Å². The lowest BCUT2D eigenvalue weighted by atomic mass is 11.7. The van der Waals surface area contributed by atoms with Crippen molar-refractivity contribution in [1.29, 1.82) is 0 Å². The van der Waals surface area contributed by atoms with Gasteiger partial charge in [0.2, 0.25) is 0 Å². The second kappa shape index (κ2) is 2.80. The van der Waals surface area contributed by atoms with Crippen LogP contribution in [0, 0.1) is 0 Å². The Bertz CT molecular complexity index is 141. The molecule has 1 heterocycles. The first-order valence-corrected chi connectivity index (χ1v) is 14.7. The number of hydrogen-bond acceptors (Lipinski definition) is 1. The normalized spacial score (nSPS) is 31.5. The van der Waals surface area contributed by atoms with Gasteiger partial charge in [-0.3, -0.25) is 0 Å². The van der Waals surface area contributed by atoms with Crippen LogP contribution in [0.15, 0.2) is 0 Å². The van der Waals surface area contributed by atoms with Gasteiger partial charge in [0, 0.05) is 8.07 Å². The average Bonchev–Trinajstić information content (AvgIpc) is 1.44. The van der Waals surface area contributed by atoms with E-state index in [0.717, 1.165) is 0 Å². The van der Waals surface area contributed by atoms with Gasteiger partial charge in [0.15, 0.2) is 0 Å². The third-order valence-electron chi connectivity index (χ3n) is 2.52. The fraction of sp³-hybridized carbons (Fsp3) is 1.00. The monoisotopic (exact) mass is 217 g/mol. The van der Waals surface area contributed by atoms with Crippen molar-refractivity contribution in [1.82, 2.24) is 4.65 Å². The maximum atomic E-state index is 4.00. The maximum absolute atomic E-state index is 4.00. The Balaban J connectivity index is 2.81. The summed E-state index contributed by atoms with van der Waals surface area (Å²) in [7, 11) is -2.78. The molecule has 1 aliphatic heterocycles. The van der Waals surface area contributed by atoms with Crippen molar-refractivity contribution < 1.29 is 0 Å². The van der Waals surface area contributed by atoms with Crippen LogP contribution in [-0.4, -0.2) is 24.5 Å². The first-order valence-electron chi connectivity index (χ1n) is 4.91. The van der Waals surface area contributed by atoms with Gasteiger partial charge in [-0.1, -0.05) is 39.3 Å². The summed E-state index contributed by atoms with van der Waals surface area (Å²) in [6.45, 7) is 15.2. The molecule has 0 aromatic carbocycles. The second-order valence-corrected chi connectivity index (χ2v) is 22.1. The van der Waals surface area contributed by atoms with Crippen LogP contribution >= 0.6 is 0 Å². The van der Waals surface area contributed by atoms with Crippen LogP contribution < -0.4 is 4.65 Å². The predicted molar refractivity (Wildman–Crippen MR) is 65.2 cm³/mol. The largest absolute Gasteiger partial charge is 0.360 e. The van der Waals surface area contributed by atoms with Gasteiger partial charge in [-0.25, -0.2) is 0 Å². The van der Waals surface area contributed by atoms with Crippen molar-refractivity contribution in [2.75, 3.05) is 0 Å². The molecule has 1 nitrogen and oxygen atoms in total. The van der Waals surface area contributed by atoms with E-state index in [4.69, 9.17) is 0 Å². The zero-order valence-corrected chi connectivity index (χ0v) is 12.4. The standard InChI is InChI=1S/C8H23NSi3/c1-10(2)7-11(3,4)9-12(5,6)8-10/h9H,7-8H2,1-6H3. The Kier molecular flexibility index (Phi) is 2.49. The van der Waals surface area contributed by atoms with Crippen molar-refractivity contribution in [2.24, 2.45) is 0 Å². The summed E-state index contributed by atoms with van der Waals surface area (Å²) in [6, 6.07) is 0. The maximum Gasteiger partial charge on any atom is 0.110 e. The Morgan fingerprint density at radius 1 is 0.750 bits per heavy atom. The van der Waals surface area contributed by atoms with E-state index in [-0.39, 0.29) is 0 Å². The summed E-state index contributed by atoms with van der Waals surface area (Å²) >= 11 is 0. The Labute approximate surface area is 80.1 Å². The van der Waals surface area contributed by atoms with Crippen molar-refractivity contribution in [3.8, 4) is 0 Å². The Morgan fingerprint density at radius 3 is 1.33 bits per heavy atom. The van der Waals surface area contributed by atoms with E-state index in [1.807, 2.05) is 0 Å². The number of rotatable bonds is 0. The quantitative estimate of drug-likeness (QED) is 0.615. The molecule has 0 bridgehead atoms. The molecule has 1 fully saturated rings. The summed E-state index contributed by atoms with van der Waals surface area (Å²) in [5.74, 6) is 0. The first kappa shape index (κ1) is 10.7. The lowest BCUT2D eigenvalue weighted by molar-refractivity contribution is 1.21. The van der Waals surface area contributed by atoms with E-state index in [1.54, 1.807) is 11.3 Å². The highest BCUT2D eigenvalue weighted by Gasteiger charge is 2.44. The van der Waals surface area contributed by atoms with Crippen LogP contribution in [0.4, 0.5) is 0 Å². The molecule has 0 spiro atoms. The van der Waals surface area contributed by atoms with Crippen molar-refractivity contribution >= 4 is 24.5 Å². The minimum atomic E-state index is -0.988. The summed E-state index contributed by atoms with van der Waals surface area (Å²) in [6.07, 6.45) is 0. The average molecular weight is 218 g/mol. The highest BCUT2D eigenvalue weighted by atomic mass is 28.5. The molecule has 0 aliphatic carbocycles. The SMILES string of the molecule is C[Si]1(C)C[Si](C)(C)N[Si](C)(C)C1. The van der Waals surface area contributed by atoms with E-state index in [9.17, 15) is 0 Å². The molecule has 0 radical (unpaired) electrons. The number of hydrogen-bond donors (Lipinski definition) is 1. The Hall–Kier alpha value is 0.611. The fourth-order valence-electron chi connectivity index (χ4n) is 3.46. The number of nitrogens with one attached hydrogen (secondary N) is 1. The summed E-state index contributed by atoms with van der Waals surface area (Å²) in [5.41, 5.74) is 3.16. The topological polar surface area (TPSA) is 12.0 Å². The second-order valence-electron chi connectivity index (χ2n) is 6.41. The van der Waals surface area contributed by atoms with Crippen molar-refractivity contribution in [3.63, 3.8) is 0 Å². The molecule has 0 unspecified atom stereocenters. The molecular formula is C8H23NSi3. The van der Waals surface area contributed by atoms with Gasteiger partial charge in [0.1, 0.15) is 16.5 Å². The molecule has 0 saturated carbocycles. The molecule has 0 aromatic rings. The van der Waals surface area contributed by atoms with Crippen LogP contribution in [0.25, 0.3) is 0 Å². The highest BCUT2D eigenvalue weighted by molar-refractivity contribution is 7.09. The molecule has 0 aromatic heterocycles. The van der Waals surface area contributed by atoms with Crippen LogP contribution in [0.5, 0.6) is 0 Å². The van der Waals surface area contributed by atoms with E-state index in [1.165, 1.54) is 0 Å². The third kappa shape index (κ3) is 2.83. The van der Waals surface area contributed by atoms with Gasteiger partial charge >= 0.3 is 0 Å². The summed E-state index contributed by atoms with van der Waals surface area (Å²) in [5, 5.41) is 0. The first-order chi connectivity index (χ1) is 5.12. The predicted octanol–water partition coefficient (Wildman–Crippen LogP) is 2.79. The lowest BCUT2D eigenvalue weighted by Gasteiger charge is -2.47. The molecule has 72 valence electrons. The third-order valence-corrected chi connectivity index (χ3v) is 22.7. The molecule has 1 saturated heterocycles. The highest BCUT2D eigenvalue weighted by Crippen LogP contribution is 2.31. The van der Waals surface area contributed by atoms with Gasteiger partial charge in [-0.15, -0.1) is 0 Å².